The van der Waals surface area contributed by atoms with E-state index in [9.17, 15) is 4.79 Å². The third-order valence-corrected chi connectivity index (χ3v) is 2.25. The molecular formula is C12H11N3O. The Bertz CT molecular complexity index is 497. The van der Waals surface area contributed by atoms with Crippen LogP contribution >= 0.6 is 0 Å². The van der Waals surface area contributed by atoms with Crippen LogP contribution in [-0.2, 0) is 0 Å². The van der Waals surface area contributed by atoms with Crippen molar-refractivity contribution in [3.05, 3.63) is 54.4 Å². The molecule has 0 aliphatic heterocycles. The molecule has 0 aliphatic rings. The fourth-order valence-corrected chi connectivity index (χ4v) is 1.46. The third kappa shape index (κ3) is 2.07. The third-order valence-electron chi connectivity index (χ3n) is 2.25. The molecular weight excluding hydrogens is 202 g/mol. The minimum atomic E-state index is -0.300. The minimum Gasteiger partial charge on any atom is -0.290 e. The van der Waals surface area contributed by atoms with Gasteiger partial charge in [-0.15, -0.1) is 0 Å². The van der Waals surface area contributed by atoms with Crippen molar-refractivity contribution >= 4 is 5.91 Å². The van der Waals surface area contributed by atoms with E-state index in [1.165, 1.54) is 0 Å². The molecule has 0 atom stereocenters. The molecule has 4 nitrogen and oxygen atoms in total. The fourth-order valence-electron chi connectivity index (χ4n) is 1.46. The summed E-state index contributed by atoms with van der Waals surface area (Å²) < 4.78 is 0. The topological polar surface area (TPSA) is 68.0 Å². The summed E-state index contributed by atoms with van der Waals surface area (Å²) in [5.41, 5.74) is 4.54. The number of amides is 1. The molecule has 1 aromatic carbocycles. The van der Waals surface area contributed by atoms with Gasteiger partial charge in [0.2, 0.25) is 0 Å². The average molecular weight is 213 g/mol. The molecule has 0 saturated carbocycles. The number of hydrogen-bond donors (Lipinski definition) is 2. The largest absolute Gasteiger partial charge is 0.290 e. The molecule has 1 heterocycles. The van der Waals surface area contributed by atoms with Crippen molar-refractivity contribution in [3.63, 3.8) is 0 Å². The summed E-state index contributed by atoms with van der Waals surface area (Å²) in [6.45, 7) is 0. The number of rotatable bonds is 2. The molecule has 80 valence electrons. The molecule has 0 unspecified atom stereocenters. The molecule has 0 saturated heterocycles. The second kappa shape index (κ2) is 4.55. The monoisotopic (exact) mass is 213 g/mol. The number of carbonyl (C=O) groups is 1. The summed E-state index contributed by atoms with van der Waals surface area (Å²) in [5, 5.41) is 0. The van der Waals surface area contributed by atoms with Gasteiger partial charge in [0.15, 0.2) is 0 Å². The summed E-state index contributed by atoms with van der Waals surface area (Å²) in [7, 11) is 0. The summed E-state index contributed by atoms with van der Waals surface area (Å²) in [5.74, 6) is 4.78. The van der Waals surface area contributed by atoms with Gasteiger partial charge in [-0.2, -0.15) is 0 Å². The second-order valence-electron chi connectivity index (χ2n) is 3.30. The van der Waals surface area contributed by atoms with Crippen LogP contribution in [0.15, 0.2) is 48.8 Å². The van der Waals surface area contributed by atoms with E-state index in [-0.39, 0.29) is 5.91 Å². The molecule has 2 aromatic rings. The van der Waals surface area contributed by atoms with Gasteiger partial charge >= 0.3 is 0 Å². The van der Waals surface area contributed by atoms with E-state index < -0.39 is 0 Å². The van der Waals surface area contributed by atoms with Gasteiger partial charge in [-0.3, -0.25) is 15.2 Å². The number of benzene rings is 1. The Labute approximate surface area is 93.1 Å². The minimum absolute atomic E-state index is 0.300. The quantitative estimate of drug-likeness (QED) is 0.449. The average Bonchev–Trinajstić information content (AvgIpc) is 2.39. The molecule has 0 spiro atoms. The van der Waals surface area contributed by atoms with Crippen LogP contribution in [0.2, 0.25) is 0 Å². The number of nitrogens with one attached hydrogen (secondary N) is 1. The lowest BCUT2D eigenvalue weighted by atomic mass is 10.0. The van der Waals surface area contributed by atoms with Crippen LogP contribution in [0.4, 0.5) is 0 Å². The van der Waals surface area contributed by atoms with Gasteiger partial charge in [0.1, 0.15) is 0 Å². The Kier molecular flexibility index (Phi) is 2.93. The number of pyridine rings is 1. The highest BCUT2D eigenvalue weighted by Crippen LogP contribution is 2.18. The zero-order chi connectivity index (χ0) is 11.4. The van der Waals surface area contributed by atoms with Gasteiger partial charge in [0.25, 0.3) is 5.91 Å². The molecule has 0 aliphatic carbocycles. The van der Waals surface area contributed by atoms with Crippen molar-refractivity contribution < 1.29 is 4.79 Å². The van der Waals surface area contributed by atoms with Gasteiger partial charge in [-0.1, -0.05) is 18.2 Å². The van der Waals surface area contributed by atoms with Crippen molar-refractivity contribution in [1.29, 1.82) is 0 Å². The Morgan fingerprint density at radius 2 is 2.00 bits per heavy atom. The highest BCUT2D eigenvalue weighted by molar-refractivity contribution is 5.94. The van der Waals surface area contributed by atoms with Gasteiger partial charge in [0, 0.05) is 23.5 Å². The molecule has 0 radical (unpaired) electrons. The SMILES string of the molecule is NNC(=O)c1cccc(-c2cccnc2)c1. The summed E-state index contributed by atoms with van der Waals surface area (Å²) in [6.07, 6.45) is 3.46. The summed E-state index contributed by atoms with van der Waals surface area (Å²) in [4.78, 5) is 15.4. The van der Waals surface area contributed by atoms with Crippen LogP contribution in [0.5, 0.6) is 0 Å². The number of nitrogens with two attached hydrogens (primary N) is 1. The van der Waals surface area contributed by atoms with E-state index in [1.54, 1.807) is 24.5 Å². The summed E-state index contributed by atoms with van der Waals surface area (Å²) in [6, 6.07) is 11.0. The van der Waals surface area contributed by atoms with E-state index in [0.29, 0.717) is 5.56 Å². The van der Waals surface area contributed by atoms with Gasteiger partial charge in [-0.05, 0) is 23.8 Å². The lowest BCUT2D eigenvalue weighted by Crippen LogP contribution is -2.29. The fraction of sp³-hybridized carbons (Fsp3) is 0. The van der Waals surface area contributed by atoms with Crippen molar-refractivity contribution in [2.45, 2.75) is 0 Å². The maximum absolute atomic E-state index is 11.3. The number of carbonyl (C=O) groups excluding carboxylic acids is 1. The Hall–Kier alpha value is -2.20. The number of nitrogens with zero attached hydrogens (tertiary/aromatic N) is 1. The van der Waals surface area contributed by atoms with Crippen molar-refractivity contribution in [2.24, 2.45) is 5.84 Å². The smallest absolute Gasteiger partial charge is 0.265 e. The Morgan fingerprint density at radius 1 is 1.19 bits per heavy atom. The lowest BCUT2D eigenvalue weighted by molar-refractivity contribution is 0.0953. The highest BCUT2D eigenvalue weighted by Gasteiger charge is 2.04. The number of aromatic nitrogens is 1. The van der Waals surface area contributed by atoms with Crippen molar-refractivity contribution in [1.82, 2.24) is 10.4 Å². The zero-order valence-corrected chi connectivity index (χ0v) is 8.55. The first-order valence-corrected chi connectivity index (χ1v) is 4.82. The predicted molar refractivity (Wildman–Crippen MR) is 61.3 cm³/mol. The van der Waals surface area contributed by atoms with Crippen LogP contribution in [0, 0.1) is 0 Å². The molecule has 4 heteroatoms. The van der Waals surface area contributed by atoms with E-state index in [1.807, 2.05) is 24.3 Å². The molecule has 1 aromatic heterocycles. The first-order valence-electron chi connectivity index (χ1n) is 4.82. The van der Waals surface area contributed by atoms with Gasteiger partial charge in [-0.25, -0.2) is 5.84 Å². The van der Waals surface area contributed by atoms with E-state index in [2.05, 4.69) is 10.4 Å². The van der Waals surface area contributed by atoms with E-state index >= 15 is 0 Å². The summed E-state index contributed by atoms with van der Waals surface area (Å²) >= 11 is 0. The van der Waals surface area contributed by atoms with Crippen LogP contribution in [0.25, 0.3) is 11.1 Å². The first-order chi connectivity index (χ1) is 7.81. The standard InChI is InChI=1S/C12H11N3O/c13-15-12(16)10-4-1-3-9(7-10)11-5-2-6-14-8-11/h1-8H,13H2,(H,15,16). The highest BCUT2D eigenvalue weighted by atomic mass is 16.2. The van der Waals surface area contributed by atoms with Gasteiger partial charge in [0.05, 0.1) is 0 Å². The number of hydrazine groups is 1. The molecule has 16 heavy (non-hydrogen) atoms. The molecule has 0 fully saturated rings. The normalized spacial score (nSPS) is 9.81. The Balaban J connectivity index is 2.40. The zero-order valence-electron chi connectivity index (χ0n) is 8.55. The second-order valence-corrected chi connectivity index (χ2v) is 3.30. The van der Waals surface area contributed by atoms with E-state index in [4.69, 9.17) is 5.84 Å². The number of nitrogen functional groups attached to an aromatic ring is 1. The van der Waals surface area contributed by atoms with Crippen LogP contribution in [0.3, 0.4) is 0 Å². The van der Waals surface area contributed by atoms with Crippen LogP contribution < -0.4 is 11.3 Å². The van der Waals surface area contributed by atoms with Crippen molar-refractivity contribution in [2.75, 3.05) is 0 Å². The van der Waals surface area contributed by atoms with Gasteiger partial charge < -0.3 is 0 Å². The van der Waals surface area contributed by atoms with Crippen molar-refractivity contribution in [3.8, 4) is 11.1 Å². The first kappa shape index (κ1) is 10.3. The van der Waals surface area contributed by atoms with E-state index in [0.717, 1.165) is 11.1 Å². The lowest BCUT2D eigenvalue weighted by Gasteiger charge is -2.03. The molecule has 1 amide bonds. The van der Waals surface area contributed by atoms with Crippen LogP contribution in [-0.4, -0.2) is 10.9 Å². The Morgan fingerprint density at radius 3 is 2.69 bits per heavy atom. The molecule has 0 bridgehead atoms. The molecule has 3 N–H and O–H groups in total. The number of hydrogen-bond acceptors (Lipinski definition) is 3. The van der Waals surface area contributed by atoms with Crippen LogP contribution in [0.1, 0.15) is 10.4 Å². The predicted octanol–water partition coefficient (Wildman–Crippen LogP) is 1.35. The molecule has 2 rings (SSSR count). The maximum Gasteiger partial charge on any atom is 0.265 e. The maximum atomic E-state index is 11.3.